The van der Waals surface area contributed by atoms with E-state index in [1.54, 1.807) is 6.20 Å². The third kappa shape index (κ3) is 3.67. The summed E-state index contributed by atoms with van der Waals surface area (Å²) in [5.74, 6) is 1.35. The first kappa shape index (κ1) is 16.7. The summed E-state index contributed by atoms with van der Waals surface area (Å²) < 4.78 is 0. The van der Waals surface area contributed by atoms with E-state index in [-0.39, 0.29) is 5.91 Å². The average Bonchev–Trinajstić information content (AvgIpc) is 3.02. The molecule has 0 spiro atoms. The van der Waals surface area contributed by atoms with Crippen LogP contribution in [-0.4, -0.2) is 43.1 Å². The summed E-state index contributed by atoms with van der Waals surface area (Å²) in [7, 11) is 3.85. The quantitative estimate of drug-likeness (QED) is 0.922. The van der Waals surface area contributed by atoms with E-state index < -0.39 is 0 Å². The van der Waals surface area contributed by atoms with Gasteiger partial charge in [0.25, 0.3) is 5.91 Å². The summed E-state index contributed by atoms with van der Waals surface area (Å²) in [6.45, 7) is 3.97. The lowest BCUT2D eigenvalue weighted by Crippen LogP contribution is -2.31. The molecule has 7 heteroatoms. The fourth-order valence-electron chi connectivity index (χ4n) is 2.77. The van der Waals surface area contributed by atoms with Crippen LogP contribution in [0.3, 0.4) is 0 Å². The summed E-state index contributed by atoms with van der Waals surface area (Å²) >= 11 is 1.44. The molecule has 3 heterocycles. The number of hydrogen-bond donors (Lipinski definition) is 1. The zero-order valence-electron chi connectivity index (χ0n) is 14.4. The molecule has 128 valence electrons. The SMILES string of the molecule is Cc1csc(C(=O)Nc2cnc(N3CCCCC3)nc2N(C)C)c1. The smallest absolute Gasteiger partial charge is 0.265 e. The highest BCUT2D eigenvalue weighted by molar-refractivity contribution is 7.12. The number of piperidine rings is 1. The second kappa shape index (κ2) is 7.17. The van der Waals surface area contributed by atoms with Crippen LogP contribution >= 0.6 is 11.3 Å². The number of hydrogen-bond acceptors (Lipinski definition) is 6. The predicted molar refractivity (Wildman–Crippen MR) is 99.4 cm³/mol. The van der Waals surface area contributed by atoms with Crippen molar-refractivity contribution in [1.29, 1.82) is 0 Å². The molecular weight excluding hydrogens is 322 g/mol. The summed E-state index contributed by atoms with van der Waals surface area (Å²) in [6, 6.07) is 1.89. The number of thiophene rings is 1. The van der Waals surface area contributed by atoms with Crippen LogP contribution in [0.15, 0.2) is 17.6 Å². The zero-order chi connectivity index (χ0) is 17.1. The predicted octanol–water partition coefficient (Wildman–Crippen LogP) is 3.16. The summed E-state index contributed by atoms with van der Waals surface area (Å²) in [6.07, 6.45) is 5.34. The number of aryl methyl sites for hydroxylation is 1. The van der Waals surface area contributed by atoms with Crippen molar-refractivity contribution in [3.05, 3.63) is 28.1 Å². The van der Waals surface area contributed by atoms with Crippen LogP contribution in [0.25, 0.3) is 0 Å². The first-order chi connectivity index (χ1) is 11.5. The molecule has 0 radical (unpaired) electrons. The van der Waals surface area contributed by atoms with Crippen molar-refractivity contribution in [3.8, 4) is 0 Å². The number of carbonyl (C=O) groups is 1. The minimum Gasteiger partial charge on any atom is -0.361 e. The van der Waals surface area contributed by atoms with Crippen LogP contribution in [0.2, 0.25) is 0 Å². The van der Waals surface area contributed by atoms with Gasteiger partial charge in [-0.1, -0.05) is 0 Å². The fourth-order valence-corrected chi connectivity index (χ4v) is 3.57. The number of nitrogens with zero attached hydrogens (tertiary/aromatic N) is 4. The fraction of sp³-hybridized carbons (Fsp3) is 0.471. The lowest BCUT2D eigenvalue weighted by Gasteiger charge is -2.28. The molecule has 3 rings (SSSR count). The van der Waals surface area contributed by atoms with Crippen LogP contribution in [0.4, 0.5) is 17.5 Å². The second-order valence-corrected chi connectivity index (χ2v) is 7.20. The van der Waals surface area contributed by atoms with Crippen molar-refractivity contribution in [2.24, 2.45) is 0 Å². The van der Waals surface area contributed by atoms with Crippen molar-refractivity contribution in [2.45, 2.75) is 26.2 Å². The molecular formula is C17H23N5OS. The normalized spacial score (nSPS) is 14.5. The van der Waals surface area contributed by atoms with E-state index in [1.165, 1.54) is 30.6 Å². The van der Waals surface area contributed by atoms with Gasteiger partial charge in [-0.25, -0.2) is 4.98 Å². The van der Waals surface area contributed by atoms with Crippen molar-refractivity contribution in [1.82, 2.24) is 9.97 Å². The van der Waals surface area contributed by atoms with Gasteiger partial charge in [0, 0.05) is 27.2 Å². The Kier molecular flexibility index (Phi) is 4.99. The Hall–Kier alpha value is -2.15. The highest BCUT2D eigenvalue weighted by atomic mass is 32.1. The molecule has 1 aliphatic heterocycles. The van der Waals surface area contributed by atoms with E-state index in [2.05, 4.69) is 20.2 Å². The Morgan fingerprint density at radius 3 is 2.67 bits per heavy atom. The molecule has 0 saturated carbocycles. The van der Waals surface area contributed by atoms with Crippen molar-refractivity contribution in [2.75, 3.05) is 42.3 Å². The summed E-state index contributed by atoms with van der Waals surface area (Å²) in [5.41, 5.74) is 1.73. The number of anilines is 3. The maximum atomic E-state index is 12.4. The van der Waals surface area contributed by atoms with Gasteiger partial charge in [0.05, 0.1) is 11.1 Å². The average molecular weight is 345 g/mol. The Bertz CT molecular complexity index is 722. The van der Waals surface area contributed by atoms with Crippen molar-refractivity contribution in [3.63, 3.8) is 0 Å². The van der Waals surface area contributed by atoms with Crippen LogP contribution in [0.1, 0.15) is 34.5 Å². The van der Waals surface area contributed by atoms with Crippen molar-refractivity contribution >= 4 is 34.7 Å². The van der Waals surface area contributed by atoms with Gasteiger partial charge in [-0.15, -0.1) is 11.3 Å². The molecule has 1 aliphatic rings. The topological polar surface area (TPSA) is 61.4 Å². The zero-order valence-corrected chi connectivity index (χ0v) is 15.2. The van der Waals surface area contributed by atoms with E-state index >= 15 is 0 Å². The number of rotatable bonds is 4. The monoisotopic (exact) mass is 345 g/mol. The first-order valence-electron chi connectivity index (χ1n) is 8.20. The third-order valence-electron chi connectivity index (χ3n) is 4.02. The van der Waals surface area contributed by atoms with Crippen LogP contribution in [0.5, 0.6) is 0 Å². The van der Waals surface area contributed by atoms with E-state index in [9.17, 15) is 4.79 Å². The van der Waals surface area contributed by atoms with Crippen LogP contribution < -0.4 is 15.1 Å². The Morgan fingerprint density at radius 2 is 2.04 bits per heavy atom. The molecule has 2 aromatic rings. The summed E-state index contributed by atoms with van der Waals surface area (Å²) in [4.78, 5) is 26.4. The highest BCUT2D eigenvalue weighted by Crippen LogP contribution is 2.26. The molecule has 0 bridgehead atoms. The molecule has 2 aromatic heterocycles. The molecule has 1 amide bonds. The van der Waals surface area contributed by atoms with E-state index in [0.717, 1.165) is 30.4 Å². The molecule has 6 nitrogen and oxygen atoms in total. The van der Waals surface area contributed by atoms with E-state index in [1.807, 2.05) is 37.4 Å². The maximum absolute atomic E-state index is 12.4. The third-order valence-corrected chi connectivity index (χ3v) is 5.07. The molecule has 1 fully saturated rings. The van der Waals surface area contributed by atoms with Crippen molar-refractivity contribution < 1.29 is 4.79 Å². The van der Waals surface area contributed by atoms with Gasteiger partial charge in [0.1, 0.15) is 5.69 Å². The van der Waals surface area contributed by atoms with Crippen LogP contribution in [0, 0.1) is 6.92 Å². The van der Waals surface area contributed by atoms with Crippen LogP contribution in [-0.2, 0) is 0 Å². The van der Waals surface area contributed by atoms with Gasteiger partial charge in [0.15, 0.2) is 5.82 Å². The van der Waals surface area contributed by atoms with Gasteiger partial charge in [-0.3, -0.25) is 4.79 Å². The first-order valence-corrected chi connectivity index (χ1v) is 9.08. The Morgan fingerprint density at radius 1 is 1.29 bits per heavy atom. The van der Waals surface area contributed by atoms with Gasteiger partial charge in [-0.2, -0.15) is 4.98 Å². The molecule has 0 aromatic carbocycles. The molecule has 0 atom stereocenters. The molecule has 1 N–H and O–H groups in total. The van der Waals surface area contributed by atoms with Gasteiger partial charge < -0.3 is 15.1 Å². The molecule has 0 aliphatic carbocycles. The number of carbonyl (C=O) groups excluding carboxylic acids is 1. The van der Waals surface area contributed by atoms with Gasteiger partial charge in [0.2, 0.25) is 5.95 Å². The Labute approximate surface area is 146 Å². The number of amides is 1. The Balaban J connectivity index is 1.83. The second-order valence-electron chi connectivity index (χ2n) is 6.29. The van der Waals surface area contributed by atoms with Gasteiger partial charge >= 0.3 is 0 Å². The number of aromatic nitrogens is 2. The highest BCUT2D eigenvalue weighted by Gasteiger charge is 2.18. The van der Waals surface area contributed by atoms with E-state index in [4.69, 9.17) is 0 Å². The standard InChI is InChI=1S/C17H23N5OS/c1-12-9-14(24-11-12)16(23)19-13-10-18-17(20-15(13)21(2)3)22-7-5-4-6-8-22/h9-11H,4-8H2,1-3H3,(H,19,23). The minimum absolute atomic E-state index is 0.120. The number of nitrogens with one attached hydrogen (secondary N) is 1. The largest absolute Gasteiger partial charge is 0.361 e. The van der Waals surface area contributed by atoms with Gasteiger partial charge in [-0.05, 0) is 43.2 Å². The molecule has 1 saturated heterocycles. The summed E-state index contributed by atoms with van der Waals surface area (Å²) in [5, 5.41) is 4.91. The minimum atomic E-state index is -0.120. The lowest BCUT2D eigenvalue weighted by molar-refractivity contribution is 0.103. The molecule has 0 unspecified atom stereocenters. The molecule has 24 heavy (non-hydrogen) atoms. The lowest BCUT2D eigenvalue weighted by atomic mass is 10.1. The van der Waals surface area contributed by atoms with E-state index in [0.29, 0.717) is 10.6 Å². The maximum Gasteiger partial charge on any atom is 0.265 e.